The van der Waals surface area contributed by atoms with Crippen LogP contribution in [0.2, 0.25) is 0 Å². The zero-order chi connectivity index (χ0) is 21.3. The molecule has 2 aromatic heterocycles. The Morgan fingerprint density at radius 2 is 1.86 bits per heavy atom. The second-order valence-electron chi connectivity index (χ2n) is 6.05. The first kappa shape index (κ1) is 20.3. The van der Waals surface area contributed by atoms with E-state index in [4.69, 9.17) is 0 Å². The Morgan fingerprint density at radius 1 is 1.17 bits per heavy atom. The summed E-state index contributed by atoms with van der Waals surface area (Å²) in [5, 5.41) is 6.57. The van der Waals surface area contributed by atoms with Crippen molar-refractivity contribution in [3.8, 4) is 5.95 Å². The second-order valence-corrected chi connectivity index (χ2v) is 7.94. The molecule has 0 aliphatic carbocycles. The van der Waals surface area contributed by atoms with Gasteiger partial charge >= 0.3 is 5.76 Å². The van der Waals surface area contributed by atoms with Crippen molar-refractivity contribution in [2.75, 3.05) is 5.32 Å². The van der Waals surface area contributed by atoms with E-state index in [1.165, 1.54) is 24.3 Å². The van der Waals surface area contributed by atoms with E-state index >= 15 is 0 Å². The number of aryl methyl sites for hydroxylation is 2. The van der Waals surface area contributed by atoms with Crippen molar-refractivity contribution in [2.24, 2.45) is 0 Å². The number of H-pyrrole nitrogens is 1. The molecule has 1 aromatic carbocycles. The van der Waals surface area contributed by atoms with E-state index in [2.05, 4.69) is 20.4 Å². The molecule has 0 saturated carbocycles. The monoisotopic (exact) mass is 423 g/mol. The average molecular weight is 423 g/mol. The first-order valence-electron chi connectivity index (χ1n) is 8.17. The van der Waals surface area contributed by atoms with Gasteiger partial charge in [-0.3, -0.25) is 14.6 Å². The fourth-order valence-electron chi connectivity index (χ4n) is 2.60. The van der Waals surface area contributed by atoms with Gasteiger partial charge in [-0.2, -0.15) is 18.6 Å². The third-order valence-electron chi connectivity index (χ3n) is 3.80. The van der Waals surface area contributed by atoms with Gasteiger partial charge in [0.2, 0.25) is 15.8 Å². The molecule has 2 N–H and O–H groups in total. The number of carbonyl (C=O) groups excluding carboxylic acids is 1. The third kappa shape index (κ3) is 4.06. The molecule has 3 aromatic rings. The Hall–Kier alpha value is -3.41. The average Bonchev–Trinajstić information content (AvgIpc) is 3.01. The summed E-state index contributed by atoms with van der Waals surface area (Å²) < 4.78 is 50.8. The van der Waals surface area contributed by atoms with Crippen molar-refractivity contribution in [1.29, 1.82) is 0 Å². The van der Waals surface area contributed by atoms with E-state index in [-0.39, 0.29) is 11.8 Å². The minimum Gasteiger partial charge on any atom is -0.306 e. The highest BCUT2D eigenvalue weighted by molar-refractivity contribution is 7.91. The fourth-order valence-corrected chi connectivity index (χ4v) is 3.52. The molecule has 0 aliphatic heterocycles. The SMILES string of the molecule is Cc1cc(=O)[nH]c(-n2nc(C)cc2NC(=O)c2ccccc2S(=O)(=O)C(F)F)n1. The van der Waals surface area contributed by atoms with Crippen LogP contribution in [0.15, 0.2) is 46.1 Å². The maximum absolute atomic E-state index is 13.0. The molecule has 0 bridgehead atoms. The number of nitrogens with one attached hydrogen (secondary N) is 2. The number of alkyl halides is 2. The van der Waals surface area contributed by atoms with Crippen LogP contribution in [0.1, 0.15) is 21.7 Å². The number of aromatic amines is 1. The smallest absolute Gasteiger partial charge is 0.306 e. The van der Waals surface area contributed by atoms with Crippen molar-refractivity contribution in [2.45, 2.75) is 24.5 Å². The Morgan fingerprint density at radius 3 is 2.52 bits per heavy atom. The van der Waals surface area contributed by atoms with E-state index < -0.39 is 37.5 Å². The zero-order valence-corrected chi connectivity index (χ0v) is 16.0. The Bertz CT molecular complexity index is 1250. The number of halogens is 2. The lowest BCUT2D eigenvalue weighted by Gasteiger charge is -2.11. The van der Waals surface area contributed by atoms with Crippen molar-refractivity contribution >= 4 is 21.6 Å². The molecular formula is C17H15F2N5O4S. The van der Waals surface area contributed by atoms with Crippen LogP contribution < -0.4 is 10.9 Å². The van der Waals surface area contributed by atoms with Gasteiger partial charge in [0, 0.05) is 17.8 Å². The van der Waals surface area contributed by atoms with Crippen molar-refractivity contribution in [1.82, 2.24) is 19.7 Å². The standard InChI is InChI=1S/C17H15F2N5O4S/c1-9-8-14(25)22-17(20-9)24-13(7-10(2)23-24)21-15(26)11-5-3-4-6-12(11)29(27,28)16(18)19/h3-8,16H,1-2H3,(H,21,26)(H,20,22,25). The largest absolute Gasteiger partial charge is 0.341 e. The summed E-state index contributed by atoms with van der Waals surface area (Å²) in [6.45, 7) is 3.22. The first-order valence-corrected chi connectivity index (χ1v) is 9.71. The summed E-state index contributed by atoms with van der Waals surface area (Å²) in [6, 6.07) is 7.35. The molecule has 0 atom stereocenters. The molecule has 2 heterocycles. The molecule has 3 rings (SSSR count). The minimum absolute atomic E-state index is 0.0203. The summed E-state index contributed by atoms with van der Waals surface area (Å²) in [6.07, 6.45) is 0. The maximum Gasteiger partial charge on any atom is 0.341 e. The third-order valence-corrected chi connectivity index (χ3v) is 5.24. The Balaban J connectivity index is 2.03. The number of nitrogens with zero attached hydrogens (tertiary/aromatic N) is 3. The van der Waals surface area contributed by atoms with Crippen molar-refractivity contribution in [3.05, 3.63) is 63.7 Å². The number of sulfone groups is 1. The first-order chi connectivity index (χ1) is 13.6. The van der Waals surface area contributed by atoms with E-state index in [1.807, 2.05) is 0 Å². The van der Waals surface area contributed by atoms with Gasteiger partial charge in [0.25, 0.3) is 11.5 Å². The van der Waals surface area contributed by atoms with Gasteiger partial charge in [-0.25, -0.2) is 13.4 Å². The van der Waals surface area contributed by atoms with E-state index in [0.29, 0.717) is 11.4 Å². The van der Waals surface area contributed by atoms with Crippen molar-refractivity contribution in [3.63, 3.8) is 0 Å². The number of aromatic nitrogens is 4. The second kappa shape index (κ2) is 7.54. The highest BCUT2D eigenvalue weighted by Gasteiger charge is 2.31. The highest BCUT2D eigenvalue weighted by Crippen LogP contribution is 2.23. The molecule has 29 heavy (non-hydrogen) atoms. The topological polar surface area (TPSA) is 127 Å². The summed E-state index contributed by atoms with van der Waals surface area (Å²) in [4.78, 5) is 30.2. The predicted octanol–water partition coefficient (Wildman–Crippen LogP) is 1.82. The number of hydrogen-bond donors (Lipinski definition) is 2. The number of amides is 1. The molecule has 0 unspecified atom stereocenters. The summed E-state index contributed by atoms with van der Waals surface area (Å²) >= 11 is 0. The number of rotatable bonds is 5. The number of anilines is 1. The molecule has 12 heteroatoms. The number of hydrogen-bond acceptors (Lipinski definition) is 6. The van der Waals surface area contributed by atoms with Crippen LogP contribution in [0.3, 0.4) is 0 Å². The molecule has 0 spiro atoms. The summed E-state index contributed by atoms with van der Waals surface area (Å²) in [5.74, 6) is -4.54. The van der Waals surface area contributed by atoms with Crippen LogP contribution in [-0.4, -0.2) is 39.8 Å². The molecule has 0 saturated heterocycles. The molecule has 0 radical (unpaired) electrons. The van der Waals surface area contributed by atoms with Crippen LogP contribution in [0, 0.1) is 13.8 Å². The summed E-state index contributed by atoms with van der Waals surface area (Å²) in [5.41, 5.74) is -0.0318. The normalized spacial score (nSPS) is 11.6. The summed E-state index contributed by atoms with van der Waals surface area (Å²) in [7, 11) is -4.99. The lowest BCUT2D eigenvalue weighted by Crippen LogP contribution is -2.22. The molecule has 0 aliphatic rings. The Labute approximate surface area is 163 Å². The predicted molar refractivity (Wildman–Crippen MR) is 99.0 cm³/mol. The van der Waals surface area contributed by atoms with Crippen LogP contribution in [-0.2, 0) is 9.84 Å². The van der Waals surface area contributed by atoms with Crippen molar-refractivity contribution < 1.29 is 22.0 Å². The van der Waals surface area contributed by atoms with Crippen LogP contribution >= 0.6 is 0 Å². The molecular weight excluding hydrogens is 408 g/mol. The van der Waals surface area contributed by atoms with Gasteiger partial charge in [0.1, 0.15) is 5.82 Å². The Kier molecular flexibility index (Phi) is 5.29. The van der Waals surface area contributed by atoms with Gasteiger partial charge in [-0.15, -0.1) is 0 Å². The lowest BCUT2D eigenvalue weighted by atomic mass is 10.2. The van der Waals surface area contributed by atoms with Gasteiger partial charge < -0.3 is 5.32 Å². The maximum atomic E-state index is 13.0. The molecule has 152 valence electrons. The van der Waals surface area contributed by atoms with Gasteiger partial charge in [-0.1, -0.05) is 12.1 Å². The highest BCUT2D eigenvalue weighted by atomic mass is 32.2. The number of carbonyl (C=O) groups is 1. The quantitative estimate of drug-likeness (QED) is 0.645. The lowest BCUT2D eigenvalue weighted by molar-refractivity contribution is 0.102. The number of benzene rings is 1. The van der Waals surface area contributed by atoms with Gasteiger partial charge in [0.05, 0.1) is 16.2 Å². The van der Waals surface area contributed by atoms with E-state index in [1.54, 1.807) is 13.8 Å². The van der Waals surface area contributed by atoms with E-state index in [0.717, 1.165) is 16.8 Å². The van der Waals surface area contributed by atoms with Gasteiger partial charge in [-0.05, 0) is 26.0 Å². The molecule has 9 nitrogen and oxygen atoms in total. The van der Waals surface area contributed by atoms with Crippen LogP contribution in [0.25, 0.3) is 5.95 Å². The van der Waals surface area contributed by atoms with Gasteiger partial charge in [0.15, 0.2) is 0 Å². The zero-order valence-electron chi connectivity index (χ0n) is 15.2. The molecule has 0 fully saturated rings. The minimum atomic E-state index is -4.99. The molecule has 1 amide bonds. The van der Waals surface area contributed by atoms with E-state index in [9.17, 15) is 26.8 Å². The van der Waals surface area contributed by atoms with Crippen LogP contribution in [0.5, 0.6) is 0 Å². The van der Waals surface area contributed by atoms with Crippen LogP contribution in [0.4, 0.5) is 14.6 Å². The fraction of sp³-hybridized carbons (Fsp3) is 0.176.